The summed E-state index contributed by atoms with van der Waals surface area (Å²) in [5, 5.41) is 6.51. The predicted octanol–water partition coefficient (Wildman–Crippen LogP) is 4.49. The molecular weight excluding hydrogens is 560 g/mol. The number of halogens is 2. The van der Waals surface area contributed by atoms with Crippen LogP contribution in [0.5, 0.6) is 0 Å². The molecule has 4 heterocycles. The highest BCUT2D eigenvalue weighted by Gasteiger charge is 2.31. The Bertz CT molecular complexity index is 1750. The number of fused-ring (bicyclic) bond motifs is 3. The number of piperidine rings is 1. The van der Waals surface area contributed by atoms with E-state index < -0.39 is 11.6 Å². The summed E-state index contributed by atoms with van der Waals surface area (Å²) >= 11 is 0.864. The number of rotatable bonds is 5. The summed E-state index contributed by atoms with van der Waals surface area (Å²) in [5.41, 5.74) is 2.58. The summed E-state index contributed by atoms with van der Waals surface area (Å²) < 4.78 is 30.9. The Balaban J connectivity index is 1.26. The Kier molecular flexibility index (Phi) is 7.19. The second-order valence-corrected chi connectivity index (χ2v) is 11.7. The number of thiazole rings is 1. The van der Waals surface area contributed by atoms with Gasteiger partial charge in [-0.2, -0.15) is 0 Å². The van der Waals surface area contributed by atoms with Crippen molar-refractivity contribution in [1.82, 2.24) is 24.8 Å². The summed E-state index contributed by atoms with van der Waals surface area (Å²) in [6.07, 6.45) is 3.38. The first-order chi connectivity index (χ1) is 20.2. The molecule has 0 aliphatic carbocycles. The highest BCUT2D eigenvalue weighted by atomic mass is 32.1. The number of anilines is 2. The van der Waals surface area contributed by atoms with Crippen LogP contribution in [0.4, 0.5) is 20.4 Å². The molecule has 2 aromatic heterocycles. The van der Waals surface area contributed by atoms with E-state index in [9.17, 15) is 18.4 Å². The van der Waals surface area contributed by atoms with Crippen molar-refractivity contribution in [2.45, 2.75) is 31.8 Å². The molecule has 0 unspecified atom stereocenters. The smallest absolute Gasteiger partial charge is 0.308 e. The summed E-state index contributed by atoms with van der Waals surface area (Å²) in [6.45, 7) is 3.64. The van der Waals surface area contributed by atoms with E-state index >= 15 is 0 Å². The van der Waals surface area contributed by atoms with Crippen molar-refractivity contribution in [3.8, 4) is 11.4 Å². The fourth-order valence-corrected chi connectivity index (χ4v) is 6.27. The van der Waals surface area contributed by atoms with Crippen LogP contribution in [-0.2, 0) is 13.6 Å². The molecule has 4 aromatic rings. The van der Waals surface area contributed by atoms with E-state index in [2.05, 4.69) is 27.5 Å². The monoisotopic (exact) mass is 589 g/mol. The van der Waals surface area contributed by atoms with Gasteiger partial charge in [0.1, 0.15) is 11.6 Å². The molecule has 2 aliphatic rings. The summed E-state index contributed by atoms with van der Waals surface area (Å²) in [6, 6.07) is 10.7. The minimum Gasteiger partial charge on any atom is -0.339 e. The molecule has 42 heavy (non-hydrogen) atoms. The Labute approximate surface area is 245 Å². The highest BCUT2D eigenvalue weighted by molar-refractivity contribution is 7.12. The largest absolute Gasteiger partial charge is 0.339 e. The molecule has 216 valence electrons. The number of nitrogens with one attached hydrogen (secondary N) is 2. The topological polar surface area (TPSA) is 105 Å². The van der Waals surface area contributed by atoms with Gasteiger partial charge in [-0.3, -0.25) is 19.1 Å². The van der Waals surface area contributed by atoms with Crippen LogP contribution in [0.25, 0.3) is 11.4 Å². The lowest BCUT2D eigenvalue weighted by Crippen LogP contribution is -2.51. The van der Waals surface area contributed by atoms with E-state index in [1.165, 1.54) is 10.6 Å². The predicted molar refractivity (Wildman–Crippen MR) is 159 cm³/mol. The second kappa shape index (κ2) is 10.8. The minimum atomic E-state index is -0.763. The number of hydrogen-bond donors (Lipinski definition) is 2. The molecule has 1 fully saturated rings. The van der Waals surface area contributed by atoms with Gasteiger partial charge in [-0.25, -0.2) is 18.7 Å². The zero-order chi connectivity index (χ0) is 29.6. The molecule has 9 nitrogen and oxygen atoms in total. The molecular formula is C30H29F2N7O2S. The van der Waals surface area contributed by atoms with E-state index in [0.29, 0.717) is 46.2 Å². The molecule has 1 amide bonds. The van der Waals surface area contributed by atoms with Crippen molar-refractivity contribution in [2.75, 3.05) is 25.5 Å². The number of benzene rings is 2. The van der Waals surface area contributed by atoms with Crippen LogP contribution >= 0.6 is 11.3 Å². The van der Waals surface area contributed by atoms with E-state index in [4.69, 9.17) is 4.98 Å². The summed E-state index contributed by atoms with van der Waals surface area (Å²) in [4.78, 5) is 41.3. The average Bonchev–Trinajstić information content (AvgIpc) is 3.19. The lowest BCUT2D eigenvalue weighted by atomic mass is 9.89. The molecule has 0 bridgehead atoms. The van der Waals surface area contributed by atoms with E-state index in [1.807, 2.05) is 11.9 Å². The SMILES string of the molecule is CNC1(C)CCN(C(=O)c2ccc(Nc3ncc4c(n3)-c3c(sc(=O)n3C)C(c3c(F)cccc3F)=NC4)cc2)CC1. The summed E-state index contributed by atoms with van der Waals surface area (Å²) in [7, 11) is 3.55. The standard InChI is InChI=1S/C30H29F2N7O2S/c1-30(33-2)11-13-39(14-12-30)27(40)17-7-9-19(10-8-17)36-28-35-16-18-15-34-24(22-20(31)5-4-6-21(22)32)26-25(23(18)37-28)38(3)29(41)42-26/h4-10,16,33H,11-15H2,1-3H3,(H,35,36,37). The molecule has 2 aromatic carbocycles. The number of amides is 1. The zero-order valence-electron chi connectivity index (χ0n) is 23.4. The Morgan fingerprint density at radius 3 is 2.43 bits per heavy atom. The molecule has 0 atom stereocenters. The second-order valence-electron chi connectivity index (χ2n) is 10.7. The molecule has 2 N–H and O–H groups in total. The van der Waals surface area contributed by atoms with Gasteiger partial charge in [0.15, 0.2) is 0 Å². The molecule has 12 heteroatoms. The van der Waals surface area contributed by atoms with E-state index in [-0.39, 0.29) is 40.1 Å². The third-order valence-electron chi connectivity index (χ3n) is 8.07. The quantitative estimate of drug-likeness (QED) is 0.356. The third-order valence-corrected chi connectivity index (χ3v) is 9.11. The van der Waals surface area contributed by atoms with Gasteiger partial charge >= 0.3 is 4.87 Å². The number of likely N-dealkylation sites (tertiary alicyclic amines) is 1. The van der Waals surface area contributed by atoms with E-state index in [0.717, 1.165) is 36.3 Å². The van der Waals surface area contributed by atoms with Crippen LogP contribution in [0.2, 0.25) is 0 Å². The van der Waals surface area contributed by atoms with Gasteiger partial charge in [0.25, 0.3) is 5.91 Å². The number of carbonyl (C=O) groups is 1. The van der Waals surface area contributed by atoms with Crippen LogP contribution in [-0.4, -0.2) is 56.7 Å². The van der Waals surface area contributed by atoms with Gasteiger partial charge in [-0.15, -0.1) is 0 Å². The number of nitrogens with zero attached hydrogens (tertiary/aromatic N) is 5. The van der Waals surface area contributed by atoms with Crippen molar-refractivity contribution in [3.63, 3.8) is 0 Å². The molecule has 0 saturated carbocycles. The van der Waals surface area contributed by atoms with Crippen LogP contribution < -0.4 is 15.5 Å². The molecule has 0 spiro atoms. The van der Waals surface area contributed by atoms with Crippen molar-refractivity contribution >= 4 is 34.6 Å². The maximum Gasteiger partial charge on any atom is 0.308 e. The fourth-order valence-electron chi connectivity index (χ4n) is 5.28. The first kappa shape index (κ1) is 27.9. The van der Waals surface area contributed by atoms with Gasteiger partial charge in [-0.1, -0.05) is 17.4 Å². The van der Waals surface area contributed by atoms with Crippen LogP contribution in [0.15, 0.2) is 58.4 Å². The van der Waals surface area contributed by atoms with Crippen molar-refractivity contribution in [2.24, 2.45) is 12.0 Å². The lowest BCUT2D eigenvalue weighted by Gasteiger charge is -2.39. The normalized spacial score (nSPS) is 15.8. The fraction of sp³-hybridized carbons (Fsp3) is 0.300. The maximum absolute atomic E-state index is 14.8. The number of hydrogen-bond acceptors (Lipinski definition) is 8. The molecule has 6 rings (SSSR count). The molecule has 1 saturated heterocycles. The Hall–Kier alpha value is -4.29. The van der Waals surface area contributed by atoms with Gasteiger partial charge in [0.05, 0.1) is 34.1 Å². The first-order valence-corrected chi connectivity index (χ1v) is 14.4. The van der Waals surface area contributed by atoms with Crippen molar-refractivity contribution < 1.29 is 13.6 Å². The number of aliphatic imine (C=N–C) groups is 1. The van der Waals surface area contributed by atoms with Crippen molar-refractivity contribution in [1.29, 1.82) is 0 Å². The van der Waals surface area contributed by atoms with Crippen molar-refractivity contribution in [3.05, 3.63) is 91.5 Å². The number of carbonyl (C=O) groups excluding carboxylic acids is 1. The zero-order valence-corrected chi connectivity index (χ0v) is 24.2. The van der Waals surface area contributed by atoms with Gasteiger partial charge in [-0.05, 0) is 63.2 Å². The van der Waals surface area contributed by atoms with E-state index in [1.54, 1.807) is 37.5 Å². The van der Waals surface area contributed by atoms with Crippen LogP contribution in [0.1, 0.15) is 46.1 Å². The van der Waals surface area contributed by atoms with Crippen LogP contribution in [0, 0.1) is 11.6 Å². The minimum absolute atomic E-state index is 0.00557. The highest BCUT2D eigenvalue weighted by Crippen LogP contribution is 2.34. The first-order valence-electron chi connectivity index (χ1n) is 13.6. The Morgan fingerprint density at radius 2 is 1.76 bits per heavy atom. The maximum atomic E-state index is 14.8. The average molecular weight is 590 g/mol. The van der Waals surface area contributed by atoms with Gasteiger partial charge in [0, 0.05) is 48.7 Å². The lowest BCUT2D eigenvalue weighted by molar-refractivity contribution is 0.0662. The third kappa shape index (κ3) is 5.01. The Morgan fingerprint density at radius 1 is 1.07 bits per heavy atom. The molecule has 0 radical (unpaired) electrons. The van der Waals surface area contributed by atoms with Gasteiger partial charge in [0.2, 0.25) is 5.95 Å². The van der Waals surface area contributed by atoms with Crippen LogP contribution in [0.3, 0.4) is 0 Å². The number of aromatic nitrogens is 3. The van der Waals surface area contributed by atoms with Gasteiger partial charge < -0.3 is 15.5 Å². The summed E-state index contributed by atoms with van der Waals surface area (Å²) in [5.74, 6) is -1.27. The molecule has 2 aliphatic heterocycles.